The number of aliphatic hydroxyl groups is 1. The number of pyridine rings is 2. The highest BCUT2D eigenvalue weighted by atomic mass is 19.1. The van der Waals surface area contributed by atoms with E-state index in [9.17, 15) is 14.3 Å². The van der Waals surface area contributed by atoms with E-state index in [1.807, 2.05) is 13.8 Å². The zero-order valence-electron chi connectivity index (χ0n) is 22.2. The first-order chi connectivity index (χ1) is 18.9. The van der Waals surface area contributed by atoms with Crippen molar-refractivity contribution in [1.82, 2.24) is 14.9 Å². The van der Waals surface area contributed by atoms with Gasteiger partial charge in [0, 0.05) is 48.8 Å². The standard InChI is InChI=1S/C27H26F3N5O2.C2H6/c1-14-20(28)6-5-18(24(14)29)19-12-35(22-7-2-15(13-36)8-31-22)21-9-32-26(25(30)23(19)21)33-17-10-34(11-17)27(37)16-3-4-16;1-2/h2,5-9,16-17,19,36H,3-4,10-13H2,1H3,(H,32,33);1-2H3. The molecule has 1 amide bonds. The number of aromatic nitrogens is 2. The van der Waals surface area contributed by atoms with Gasteiger partial charge in [-0.3, -0.25) is 4.79 Å². The number of carbonyl (C=O) groups is 1. The predicted molar refractivity (Wildman–Crippen MR) is 142 cm³/mol. The molecule has 2 aliphatic heterocycles. The van der Waals surface area contributed by atoms with Crippen LogP contribution in [0.1, 0.15) is 54.9 Å². The van der Waals surface area contributed by atoms with Crippen LogP contribution in [0.4, 0.5) is 30.5 Å². The number of nitrogens with zero attached hydrogens (tertiary/aromatic N) is 4. The summed E-state index contributed by atoms with van der Waals surface area (Å²) in [6.45, 7) is 6.34. The van der Waals surface area contributed by atoms with Crippen LogP contribution in [0.5, 0.6) is 0 Å². The Labute approximate surface area is 225 Å². The summed E-state index contributed by atoms with van der Waals surface area (Å²) in [6, 6.07) is 5.84. The van der Waals surface area contributed by atoms with Crippen molar-refractivity contribution in [2.75, 3.05) is 29.9 Å². The number of aliphatic hydroxyl groups excluding tert-OH is 1. The van der Waals surface area contributed by atoms with Crippen LogP contribution in [0, 0.1) is 30.3 Å². The minimum Gasteiger partial charge on any atom is -0.392 e. The van der Waals surface area contributed by atoms with Gasteiger partial charge in [-0.25, -0.2) is 23.1 Å². The average Bonchev–Trinajstić information content (AvgIpc) is 3.72. The molecule has 3 aliphatic rings. The third kappa shape index (κ3) is 4.93. The van der Waals surface area contributed by atoms with Gasteiger partial charge >= 0.3 is 0 Å². The van der Waals surface area contributed by atoms with Crippen LogP contribution in [0.25, 0.3) is 0 Å². The van der Waals surface area contributed by atoms with Crippen molar-refractivity contribution in [3.63, 3.8) is 0 Å². The van der Waals surface area contributed by atoms with E-state index in [0.29, 0.717) is 30.2 Å². The molecule has 1 unspecified atom stereocenters. The molecule has 2 fully saturated rings. The van der Waals surface area contributed by atoms with Crippen LogP contribution in [-0.4, -0.2) is 51.6 Å². The van der Waals surface area contributed by atoms with E-state index in [1.54, 1.807) is 21.9 Å². The van der Waals surface area contributed by atoms with Crippen molar-refractivity contribution >= 4 is 23.2 Å². The van der Waals surface area contributed by atoms with Gasteiger partial charge in [0.2, 0.25) is 5.91 Å². The topological polar surface area (TPSA) is 81.6 Å². The predicted octanol–water partition coefficient (Wildman–Crippen LogP) is 5.04. The van der Waals surface area contributed by atoms with E-state index in [0.717, 1.165) is 12.8 Å². The van der Waals surface area contributed by atoms with E-state index >= 15 is 8.78 Å². The summed E-state index contributed by atoms with van der Waals surface area (Å²) in [6.07, 6.45) is 4.92. The first kappa shape index (κ1) is 26.9. The number of likely N-dealkylation sites (tertiary alicyclic amines) is 1. The van der Waals surface area contributed by atoms with Gasteiger partial charge in [-0.1, -0.05) is 26.0 Å². The first-order valence-electron chi connectivity index (χ1n) is 13.4. The normalized spacial score (nSPS) is 18.3. The third-order valence-electron chi connectivity index (χ3n) is 7.50. The first-order valence-corrected chi connectivity index (χ1v) is 13.4. The minimum absolute atomic E-state index is 0.0388. The van der Waals surface area contributed by atoms with Crippen molar-refractivity contribution < 1.29 is 23.1 Å². The van der Waals surface area contributed by atoms with Crippen LogP contribution >= 0.6 is 0 Å². The second-order valence-corrected chi connectivity index (χ2v) is 10.0. The fraction of sp³-hybridized carbons (Fsp3) is 0.414. The van der Waals surface area contributed by atoms with Gasteiger partial charge in [-0.15, -0.1) is 0 Å². The SMILES string of the molecule is CC.Cc1c(F)ccc(C2CN(c3ccc(CO)cn3)c3cnc(NC4CN(C(=O)C5CC5)C4)c(F)c32)c1F. The zero-order valence-corrected chi connectivity index (χ0v) is 22.2. The van der Waals surface area contributed by atoms with E-state index in [2.05, 4.69) is 15.3 Å². The zero-order chi connectivity index (χ0) is 27.8. The number of benzene rings is 1. The Morgan fingerprint density at radius 2 is 1.77 bits per heavy atom. The summed E-state index contributed by atoms with van der Waals surface area (Å²) in [5.74, 6) is -1.88. The number of fused-ring (bicyclic) bond motifs is 1. The Kier molecular flexibility index (Phi) is 7.48. The van der Waals surface area contributed by atoms with Gasteiger partial charge in [0.15, 0.2) is 11.6 Å². The average molecular weight is 540 g/mol. The molecule has 4 heterocycles. The number of hydrogen-bond acceptors (Lipinski definition) is 6. The summed E-state index contributed by atoms with van der Waals surface area (Å²) in [7, 11) is 0. The molecule has 2 aromatic heterocycles. The summed E-state index contributed by atoms with van der Waals surface area (Å²) >= 11 is 0. The summed E-state index contributed by atoms with van der Waals surface area (Å²) in [5, 5.41) is 12.4. The smallest absolute Gasteiger partial charge is 0.225 e. The lowest BCUT2D eigenvalue weighted by Crippen LogP contribution is -2.57. The molecular formula is C29H32F3N5O2. The molecule has 0 radical (unpaired) electrons. The Morgan fingerprint density at radius 1 is 1.03 bits per heavy atom. The van der Waals surface area contributed by atoms with Gasteiger partial charge in [0.1, 0.15) is 17.5 Å². The van der Waals surface area contributed by atoms with Crippen molar-refractivity contribution in [2.24, 2.45) is 5.92 Å². The Balaban J connectivity index is 0.00000151. The van der Waals surface area contributed by atoms with Gasteiger partial charge in [-0.2, -0.15) is 0 Å². The lowest BCUT2D eigenvalue weighted by Gasteiger charge is -2.40. The molecule has 10 heteroatoms. The molecule has 1 aromatic carbocycles. The fourth-order valence-electron chi connectivity index (χ4n) is 5.14. The van der Waals surface area contributed by atoms with Gasteiger partial charge in [0.25, 0.3) is 0 Å². The summed E-state index contributed by atoms with van der Waals surface area (Å²) in [4.78, 5) is 24.5. The van der Waals surface area contributed by atoms with Crippen molar-refractivity contribution in [3.8, 4) is 0 Å². The van der Waals surface area contributed by atoms with Crippen molar-refractivity contribution in [2.45, 2.75) is 52.2 Å². The number of nitrogens with one attached hydrogen (secondary N) is 1. The molecule has 0 spiro atoms. The summed E-state index contributed by atoms with van der Waals surface area (Å²) < 4.78 is 45.3. The van der Waals surface area contributed by atoms with Crippen LogP contribution in [0.3, 0.4) is 0 Å². The second kappa shape index (κ2) is 10.8. The van der Waals surface area contributed by atoms with Gasteiger partial charge in [0.05, 0.1) is 24.5 Å². The van der Waals surface area contributed by atoms with E-state index < -0.39 is 23.4 Å². The van der Waals surface area contributed by atoms with Gasteiger partial charge < -0.3 is 20.2 Å². The summed E-state index contributed by atoms with van der Waals surface area (Å²) in [5.41, 5.74) is 1.39. The van der Waals surface area contributed by atoms with Crippen LogP contribution < -0.4 is 10.2 Å². The highest BCUT2D eigenvalue weighted by molar-refractivity contribution is 5.82. The molecular weight excluding hydrogens is 507 g/mol. The number of rotatable bonds is 6. The lowest BCUT2D eigenvalue weighted by molar-refractivity contribution is -0.136. The van der Waals surface area contributed by atoms with Gasteiger partial charge in [-0.05, 0) is 43.0 Å². The maximum atomic E-state index is 16.1. The quantitative estimate of drug-likeness (QED) is 0.457. The second-order valence-electron chi connectivity index (χ2n) is 10.0. The van der Waals surface area contributed by atoms with Crippen LogP contribution in [-0.2, 0) is 11.4 Å². The third-order valence-corrected chi connectivity index (χ3v) is 7.50. The van der Waals surface area contributed by atoms with Crippen molar-refractivity contribution in [1.29, 1.82) is 0 Å². The number of hydrogen-bond donors (Lipinski definition) is 2. The van der Waals surface area contributed by atoms with Crippen LogP contribution in [0.2, 0.25) is 0 Å². The van der Waals surface area contributed by atoms with E-state index in [1.165, 1.54) is 31.5 Å². The molecule has 1 saturated carbocycles. The number of carbonyl (C=O) groups excluding carboxylic acids is 1. The fourth-order valence-corrected chi connectivity index (χ4v) is 5.14. The molecule has 1 aliphatic carbocycles. The lowest BCUT2D eigenvalue weighted by atomic mass is 9.91. The highest BCUT2D eigenvalue weighted by Crippen LogP contribution is 2.46. The van der Waals surface area contributed by atoms with Crippen LogP contribution in [0.15, 0.2) is 36.7 Å². The van der Waals surface area contributed by atoms with Crippen molar-refractivity contribution in [3.05, 3.63) is 76.4 Å². The molecule has 2 N–H and O–H groups in total. The largest absolute Gasteiger partial charge is 0.392 e. The number of anilines is 3. The molecule has 39 heavy (non-hydrogen) atoms. The number of halogens is 3. The monoisotopic (exact) mass is 539 g/mol. The maximum absolute atomic E-state index is 16.1. The molecule has 6 rings (SSSR count). The minimum atomic E-state index is -0.730. The number of amides is 1. The molecule has 0 bridgehead atoms. The van der Waals surface area contributed by atoms with E-state index in [4.69, 9.17) is 0 Å². The maximum Gasteiger partial charge on any atom is 0.225 e. The highest BCUT2D eigenvalue weighted by Gasteiger charge is 2.41. The molecule has 1 saturated heterocycles. The Bertz CT molecular complexity index is 1370. The molecule has 1 atom stereocenters. The molecule has 206 valence electrons. The molecule has 3 aromatic rings. The Hall–Kier alpha value is -3.66. The molecule has 7 nitrogen and oxygen atoms in total. The van der Waals surface area contributed by atoms with E-state index in [-0.39, 0.29) is 53.5 Å². The Morgan fingerprint density at radius 3 is 2.41 bits per heavy atom.